The highest BCUT2D eigenvalue weighted by Crippen LogP contribution is 2.30. The van der Waals surface area contributed by atoms with Crippen LogP contribution in [-0.4, -0.2) is 29.7 Å². The van der Waals surface area contributed by atoms with Crippen molar-refractivity contribution < 1.29 is 18.7 Å². The monoisotopic (exact) mass is 376 g/mol. The molecule has 6 heteroatoms. The molecule has 4 rings (SSSR count). The molecule has 0 spiro atoms. The number of esters is 1. The molecule has 3 aromatic carbocycles. The lowest BCUT2D eigenvalue weighted by atomic mass is 10.2. The van der Waals surface area contributed by atoms with Gasteiger partial charge in [-0.15, -0.1) is 0 Å². The molecule has 0 aliphatic heterocycles. The minimum absolute atomic E-state index is 0.313. The summed E-state index contributed by atoms with van der Waals surface area (Å²) in [6.45, 7) is 0. The molecule has 0 saturated carbocycles. The fourth-order valence-corrected chi connectivity index (χ4v) is 3.11. The van der Waals surface area contributed by atoms with Gasteiger partial charge in [-0.2, -0.15) is 0 Å². The van der Waals surface area contributed by atoms with E-state index < -0.39 is 5.97 Å². The van der Waals surface area contributed by atoms with Crippen molar-refractivity contribution in [1.29, 1.82) is 0 Å². The first kappa shape index (κ1) is 17.7. The zero-order valence-electron chi connectivity index (χ0n) is 15.3. The van der Waals surface area contributed by atoms with E-state index in [9.17, 15) is 9.18 Å². The van der Waals surface area contributed by atoms with E-state index in [0.29, 0.717) is 16.9 Å². The Morgan fingerprint density at radius 1 is 0.964 bits per heavy atom. The van der Waals surface area contributed by atoms with Crippen molar-refractivity contribution in [3.8, 4) is 22.8 Å². The van der Waals surface area contributed by atoms with E-state index >= 15 is 0 Å². The Labute approximate surface area is 161 Å². The second-order valence-corrected chi connectivity index (χ2v) is 6.17. The molecule has 1 heterocycles. The number of carbonyl (C=O) groups excluding carboxylic acids is 1. The molecule has 5 nitrogen and oxygen atoms in total. The number of benzene rings is 3. The van der Waals surface area contributed by atoms with Gasteiger partial charge in [0, 0.05) is 11.3 Å². The van der Waals surface area contributed by atoms with Crippen LogP contribution in [0.3, 0.4) is 0 Å². The lowest BCUT2D eigenvalue weighted by molar-refractivity contribution is 0.0601. The van der Waals surface area contributed by atoms with Crippen molar-refractivity contribution in [2.24, 2.45) is 0 Å². The third-order valence-corrected chi connectivity index (χ3v) is 4.51. The van der Waals surface area contributed by atoms with Crippen LogP contribution in [0.25, 0.3) is 28.1 Å². The van der Waals surface area contributed by atoms with Gasteiger partial charge in [0.15, 0.2) is 0 Å². The average Bonchev–Trinajstić information content (AvgIpc) is 3.12. The first-order valence-corrected chi connectivity index (χ1v) is 8.62. The van der Waals surface area contributed by atoms with E-state index in [-0.39, 0.29) is 5.82 Å². The molecule has 1 aromatic heterocycles. The first-order valence-electron chi connectivity index (χ1n) is 8.62. The van der Waals surface area contributed by atoms with Gasteiger partial charge in [-0.05, 0) is 66.7 Å². The normalized spacial score (nSPS) is 10.8. The number of rotatable bonds is 4. The van der Waals surface area contributed by atoms with Gasteiger partial charge in [0.25, 0.3) is 0 Å². The van der Waals surface area contributed by atoms with Crippen LogP contribution in [-0.2, 0) is 4.74 Å². The maximum absolute atomic E-state index is 13.4. The van der Waals surface area contributed by atoms with Gasteiger partial charge in [-0.25, -0.2) is 14.2 Å². The minimum Gasteiger partial charge on any atom is -0.497 e. The van der Waals surface area contributed by atoms with E-state index in [2.05, 4.69) is 0 Å². The van der Waals surface area contributed by atoms with Crippen LogP contribution in [0.5, 0.6) is 5.75 Å². The molecule has 0 aliphatic carbocycles. The molecule has 0 aliphatic rings. The van der Waals surface area contributed by atoms with Crippen molar-refractivity contribution in [3.05, 3.63) is 78.1 Å². The molecule has 0 unspecified atom stereocenters. The molecule has 0 bridgehead atoms. The molecule has 0 saturated heterocycles. The predicted octanol–water partition coefficient (Wildman–Crippen LogP) is 4.63. The van der Waals surface area contributed by atoms with E-state index in [1.807, 2.05) is 34.9 Å². The van der Waals surface area contributed by atoms with E-state index in [1.165, 1.54) is 19.2 Å². The first-order chi connectivity index (χ1) is 13.6. The van der Waals surface area contributed by atoms with Gasteiger partial charge in [-0.1, -0.05) is 0 Å². The Morgan fingerprint density at radius 2 is 1.68 bits per heavy atom. The van der Waals surface area contributed by atoms with Gasteiger partial charge in [0.2, 0.25) is 0 Å². The Balaban J connectivity index is 1.96. The molecular formula is C22H17FN2O3. The number of nitrogens with zero attached hydrogens (tertiary/aromatic N) is 2. The summed E-state index contributed by atoms with van der Waals surface area (Å²) in [5.41, 5.74) is 3.48. The number of ether oxygens (including phenoxy) is 2. The van der Waals surface area contributed by atoms with Crippen molar-refractivity contribution in [1.82, 2.24) is 9.55 Å². The zero-order chi connectivity index (χ0) is 19.7. The third-order valence-electron chi connectivity index (χ3n) is 4.51. The molecule has 28 heavy (non-hydrogen) atoms. The average molecular weight is 376 g/mol. The third kappa shape index (κ3) is 3.09. The number of aromatic nitrogens is 2. The van der Waals surface area contributed by atoms with Crippen LogP contribution >= 0.6 is 0 Å². The van der Waals surface area contributed by atoms with Crippen molar-refractivity contribution in [2.45, 2.75) is 0 Å². The maximum atomic E-state index is 13.4. The summed E-state index contributed by atoms with van der Waals surface area (Å²) < 4.78 is 25.4. The van der Waals surface area contributed by atoms with Gasteiger partial charge < -0.3 is 9.47 Å². The Morgan fingerprint density at radius 3 is 2.32 bits per heavy atom. The highest BCUT2D eigenvalue weighted by Gasteiger charge is 2.16. The number of fused-ring (bicyclic) bond motifs is 1. The molecule has 0 amide bonds. The van der Waals surface area contributed by atoms with Crippen LogP contribution < -0.4 is 4.74 Å². The van der Waals surface area contributed by atoms with Crippen LogP contribution in [0.4, 0.5) is 4.39 Å². The standard InChI is InChI=1S/C22H17FN2O3/c1-27-18-10-3-14(4-11-18)21-24-19-13-15(22(26)28-2)5-12-20(19)25(21)17-8-6-16(23)7-9-17/h3-13H,1-2H3. The van der Waals surface area contributed by atoms with Crippen molar-refractivity contribution in [3.63, 3.8) is 0 Å². The predicted molar refractivity (Wildman–Crippen MR) is 104 cm³/mol. The molecular weight excluding hydrogens is 359 g/mol. The molecule has 0 radical (unpaired) electrons. The smallest absolute Gasteiger partial charge is 0.337 e. The zero-order valence-corrected chi connectivity index (χ0v) is 15.3. The summed E-state index contributed by atoms with van der Waals surface area (Å²) in [5, 5.41) is 0. The van der Waals surface area contributed by atoms with Gasteiger partial charge >= 0.3 is 5.97 Å². The number of methoxy groups -OCH3 is 2. The highest BCUT2D eigenvalue weighted by atomic mass is 19.1. The summed E-state index contributed by atoms with van der Waals surface area (Å²) in [4.78, 5) is 16.6. The van der Waals surface area contributed by atoms with Gasteiger partial charge in [-0.3, -0.25) is 4.57 Å². The number of carbonyl (C=O) groups is 1. The van der Waals surface area contributed by atoms with E-state index in [0.717, 1.165) is 22.5 Å². The Bertz CT molecular complexity index is 1150. The van der Waals surface area contributed by atoms with Crippen LogP contribution in [0.15, 0.2) is 66.7 Å². The van der Waals surface area contributed by atoms with Crippen LogP contribution in [0, 0.1) is 5.82 Å². The quantitative estimate of drug-likeness (QED) is 0.488. The lowest BCUT2D eigenvalue weighted by Gasteiger charge is -2.10. The van der Waals surface area contributed by atoms with Gasteiger partial charge in [0.1, 0.15) is 17.4 Å². The Kier molecular flexibility index (Phi) is 4.53. The minimum atomic E-state index is -0.427. The summed E-state index contributed by atoms with van der Waals surface area (Å²) in [5.74, 6) is 0.670. The SMILES string of the molecule is COC(=O)c1ccc2c(c1)nc(-c1ccc(OC)cc1)n2-c1ccc(F)cc1. The van der Waals surface area contributed by atoms with Crippen LogP contribution in [0.1, 0.15) is 10.4 Å². The van der Waals surface area contributed by atoms with E-state index in [1.54, 1.807) is 31.4 Å². The molecule has 4 aromatic rings. The molecule has 0 atom stereocenters. The molecule has 140 valence electrons. The summed E-state index contributed by atoms with van der Waals surface area (Å²) in [6.07, 6.45) is 0. The maximum Gasteiger partial charge on any atom is 0.337 e. The summed E-state index contributed by atoms with van der Waals surface area (Å²) in [6, 6.07) is 18.9. The van der Waals surface area contributed by atoms with E-state index in [4.69, 9.17) is 14.5 Å². The fourth-order valence-electron chi connectivity index (χ4n) is 3.11. The summed E-state index contributed by atoms with van der Waals surface area (Å²) >= 11 is 0. The summed E-state index contributed by atoms with van der Waals surface area (Å²) in [7, 11) is 2.95. The number of hydrogen-bond acceptors (Lipinski definition) is 4. The van der Waals surface area contributed by atoms with Crippen molar-refractivity contribution >= 4 is 17.0 Å². The second-order valence-electron chi connectivity index (χ2n) is 6.17. The van der Waals surface area contributed by atoms with Gasteiger partial charge in [0.05, 0.1) is 30.8 Å². The number of imidazole rings is 1. The highest BCUT2D eigenvalue weighted by molar-refractivity contribution is 5.95. The molecule has 0 fully saturated rings. The van der Waals surface area contributed by atoms with Crippen LogP contribution in [0.2, 0.25) is 0 Å². The number of hydrogen-bond donors (Lipinski definition) is 0. The fraction of sp³-hybridized carbons (Fsp3) is 0.0909. The van der Waals surface area contributed by atoms with Crippen molar-refractivity contribution in [2.75, 3.05) is 14.2 Å². The largest absolute Gasteiger partial charge is 0.497 e. The molecule has 0 N–H and O–H groups in total. The Hall–Kier alpha value is -3.67. The number of halogens is 1. The second kappa shape index (κ2) is 7.15. The topological polar surface area (TPSA) is 53.4 Å². The lowest BCUT2D eigenvalue weighted by Crippen LogP contribution is -2.01.